The van der Waals surface area contributed by atoms with E-state index in [-0.39, 0.29) is 0 Å². The van der Waals surface area contributed by atoms with E-state index in [2.05, 4.69) is 42.7 Å². The molecule has 0 radical (unpaired) electrons. The van der Waals surface area contributed by atoms with Crippen LogP contribution in [0.3, 0.4) is 0 Å². The van der Waals surface area contributed by atoms with Gasteiger partial charge in [0.2, 0.25) is 0 Å². The third kappa shape index (κ3) is 4.84. The second kappa shape index (κ2) is 8.53. The molecule has 2 aromatic carbocycles. The fraction of sp³-hybridized carbons (Fsp3) is 0.278. The van der Waals surface area contributed by atoms with Crippen LogP contribution in [0.1, 0.15) is 30.5 Å². The number of rotatable bonds is 5. The Morgan fingerprint density at radius 1 is 1.00 bits per heavy atom. The molecule has 0 aromatic heterocycles. The minimum Gasteiger partial charge on any atom is -0.358 e. The van der Waals surface area contributed by atoms with Crippen molar-refractivity contribution in [2.75, 3.05) is 5.32 Å². The summed E-state index contributed by atoms with van der Waals surface area (Å²) < 4.78 is 0. The molecule has 0 bridgehead atoms. The van der Waals surface area contributed by atoms with Gasteiger partial charge in [-0.15, -0.1) is 0 Å². The zero-order chi connectivity index (χ0) is 16.8. The lowest BCUT2D eigenvalue weighted by Gasteiger charge is -2.17. The van der Waals surface area contributed by atoms with Crippen molar-refractivity contribution in [1.29, 1.82) is 0 Å². The van der Waals surface area contributed by atoms with Crippen molar-refractivity contribution in [3.8, 4) is 0 Å². The first kappa shape index (κ1) is 18.1. The highest BCUT2D eigenvalue weighted by molar-refractivity contribution is 7.80. The number of benzene rings is 2. The number of nitrogens with one attached hydrogen (secondary N) is 2. The zero-order valence-corrected chi connectivity index (χ0v) is 15.6. The molecule has 0 unspecified atom stereocenters. The lowest BCUT2D eigenvalue weighted by molar-refractivity contribution is 0.924. The molecular weight excluding hydrogens is 347 g/mol. The maximum absolute atomic E-state index is 6.03. The van der Waals surface area contributed by atoms with E-state index in [1.54, 1.807) is 6.07 Å². The molecule has 0 heterocycles. The van der Waals surface area contributed by atoms with E-state index < -0.39 is 0 Å². The van der Waals surface area contributed by atoms with Crippen molar-refractivity contribution < 1.29 is 0 Å². The monoisotopic (exact) mass is 366 g/mol. The van der Waals surface area contributed by atoms with Gasteiger partial charge in [-0.3, -0.25) is 0 Å². The predicted molar refractivity (Wildman–Crippen MR) is 105 cm³/mol. The van der Waals surface area contributed by atoms with Crippen LogP contribution in [0.2, 0.25) is 10.0 Å². The minimum absolute atomic E-state index is 0.550. The molecule has 122 valence electrons. The molecular formula is C18H20Cl2N2S. The fourth-order valence-electron chi connectivity index (χ4n) is 2.39. The second-order valence-corrected chi connectivity index (χ2v) is 6.44. The van der Waals surface area contributed by atoms with Gasteiger partial charge in [0, 0.05) is 12.2 Å². The van der Waals surface area contributed by atoms with Crippen LogP contribution >= 0.6 is 35.4 Å². The van der Waals surface area contributed by atoms with Gasteiger partial charge in [0.25, 0.3) is 0 Å². The van der Waals surface area contributed by atoms with E-state index in [1.165, 1.54) is 11.1 Å². The Balaban J connectivity index is 2.04. The fourth-order valence-corrected chi connectivity index (χ4v) is 2.89. The Morgan fingerprint density at radius 2 is 1.65 bits per heavy atom. The van der Waals surface area contributed by atoms with Gasteiger partial charge < -0.3 is 10.6 Å². The molecule has 2 rings (SSSR count). The summed E-state index contributed by atoms with van der Waals surface area (Å²) in [5.74, 6) is 0. The first-order valence-electron chi connectivity index (χ1n) is 7.64. The van der Waals surface area contributed by atoms with Crippen molar-refractivity contribution in [3.63, 3.8) is 0 Å². The van der Waals surface area contributed by atoms with Gasteiger partial charge in [0.05, 0.1) is 10.0 Å². The minimum atomic E-state index is 0.550. The van der Waals surface area contributed by atoms with Crippen LogP contribution in [0.5, 0.6) is 0 Å². The highest BCUT2D eigenvalue weighted by Crippen LogP contribution is 2.23. The summed E-state index contributed by atoms with van der Waals surface area (Å²) >= 11 is 17.4. The Hall–Kier alpha value is -1.29. The number of para-hydroxylation sites is 1. The Labute approximate surface area is 153 Å². The normalized spacial score (nSPS) is 10.4. The summed E-state index contributed by atoms with van der Waals surface area (Å²) in [6, 6.07) is 11.9. The van der Waals surface area contributed by atoms with E-state index in [1.807, 2.05) is 12.1 Å². The quantitative estimate of drug-likeness (QED) is 0.672. The van der Waals surface area contributed by atoms with Gasteiger partial charge in [-0.1, -0.05) is 61.3 Å². The van der Waals surface area contributed by atoms with E-state index in [9.17, 15) is 0 Å². The third-order valence-electron chi connectivity index (χ3n) is 3.67. The van der Waals surface area contributed by atoms with Crippen LogP contribution in [0.15, 0.2) is 36.4 Å². The van der Waals surface area contributed by atoms with Crippen LogP contribution in [-0.2, 0) is 19.4 Å². The Bertz CT molecular complexity index is 679. The third-order valence-corrected chi connectivity index (χ3v) is 4.66. The van der Waals surface area contributed by atoms with E-state index in [0.29, 0.717) is 21.7 Å². The topological polar surface area (TPSA) is 24.1 Å². The second-order valence-electron chi connectivity index (χ2n) is 5.21. The molecule has 0 saturated carbocycles. The molecule has 2 aromatic rings. The summed E-state index contributed by atoms with van der Waals surface area (Å²) in [6.07, 6.45) is 1.93. The average molecular weight is 367 g/mol. The largest absolute Gasteiger partial charge is 0.358 e. The molecule has 0 saturated heterocycles. The summed E-state index contributed by atoms with van der Waals surface area (Å²) in [4.78, 5) is 0. The Morgan fingerprint density at radius 3 is 2.22 bits per heavy atom. The van der Waals surface area contributed by atoms with Crippen molar-refractivity contribution in [3.05, 3.63) is 63.1 Å². The van der Waals surface area contributed by atoms with Gasteiger partial charge >= 0.3 is 0 Å². The smallest absolute Gasteiger partial charge is 0.171 e. The van der Waals surface area contributed by atoms with E-state index in [0.717, 1.165) is 24.1 Å². The lowest BCUT2D eigenvalue weighted by atomic mass is 10.0. The maximum Gasteiger partial charge on any atom is 0.171 e. The van der Waals surface area contributed by atoms with Crippen LogP contribution < -0.4 is 10.6 Å². The van der Waals surface area contributed by atoms with Crippen molar-refractivity contribution >= 4 is 46.2 Å². The molecule has 5 heteroatoms. The number of thiocarbonyl (C=S) groups is 1. The first-order chi connectivity index (χ1) is 11.0. The summed E-state index contributed by atoms with van der Waals surface area (Å²) in [7, 11) is 0. The highest BCUT2D eigenvalue weighted by Gasteiger charge is 2.08. The van der Waals surface area contributed by atoms with Crippen LogP contribution in [-0.4, -0.2) is 5.11 Å². The molecule has 2 N–H and O–H groups in total. The molecule has 2 nitrogen and oxygen atoms in total. The summed E-state index contributed by atoms with van der Waals surface area (Å²) in [5.41, 5.74) is 4.68. The number of aryl methyl sites for hydroxylation is 2. The molecule has 0 atom stereocenters. The Kier molecular flexibility index (Phi) is 6.70. The van der Waals surface area contributed by atoms with Crippen LogP contribution in [0.25, 0.3) is 0 Å². The van der Waals surface area contributed by atoms with Crippen LogP contribution in [0, 0.1) is 0 Å². The molecule has 0 fully saturated rings. The lowest BCUT2D eigenvalue weighted by Crippen LogP contribution is -2.28. The molecule has 0 aliphatic heterocycles. The molecule has 0 amide bonds. The summed E-state index contributed by atoms with van der Waals surface area (Å²) in [6.45, 7) is 4.89. The van der Waals surface area contributed by atoms with Crippen molar-refractivity contribution in [1.82, 2.24) is 5.32 Å². The number of hydrogen-bond acceptors (Lipinski definition) is 1. The molecule has 23 heavy (non-hydrogen) atoms. The standard InChI is InChI=1S/C18H20Cl2N2S/c1-3-13-6-5-7-14(4-2)17(13)22-18(23)21-11-12-8-9-15(19)16(20)10-12/h5-10H,3-4,11H2,1-2H3,(H2,21,22,23). The van der Waals surface area contributed by atoms with Crippen LogP contribution in [0.4, 0.5) is 5.69 Å². The predicted octanol–water partition coefficient (Wildman–Crippen LogP) is 5.60. The van der Waals surface area contributed by atoms with Gasteiger partial charge in [0.15, 0.2) is 5.11 Å². The zero-order valence-electron chi connectivity index (χ0n) is 13.2. The number of halogens is 2. The average Bonchev–Trinajstić information content (AvgIpc) is 2.56. The van der Waals surface area contributed by atoms with Gasteiger partial charge in [-0.2, -0.15) is 0 Å². The number of anilines is 1. The van der Waals surface area contributed by atoms with Gasteiger partial charge in [-0.25, -0.2) is 0 Å². The van der Waals surface area contributed by atoms with Gasteiger partial charge in [-0.05, 0) is 53.9 Å². The molecule has 0 spiro atoms. The summed E-state index contributed by atoms with van der Waals surface area (Å²) in [5, 5.41) is 8.26. The van der Waals surface area contributed by atoms with Crippen molar-refractivity contribution in [2.45, 2.75) is 33.2 Å². The maximum atomic E-state index is 6.03. The number of hydrogen-bond donors (Lipinski definition) is 2. The van der Waals surface area contributed by atoms with E-state index in [4.69, 9.17) is 35.4 Å². The first-order valence-corrected chi connectivity index (χ1v) is 8.81. The van der Waals surface area contributed by atoms with Gasteiger partial charge in [0.1, 0.15) is 0 Å². The molecule has 0 aliphatic rings. The SMILES string of the molecule is CCc1cccc(CC)c1NC(=S)NCc1ccc(Cl)c(Cl)c1. The van der Waals surface area contributed by atoms with Crippen molar-refractivity contribution in [2.24, 2.45) is 0 Å². The highest BCUT2D eigenvalue weighted by atomic mass is 35.5. The molecule has 0 aliphatic carbocycles. The van der Waals surface area contributed by atoms with E-state index >= 15 is 0 Å².